The highest BCUT2D eigenvalue weighted by Crippen LogP contribution is 2.27. The maximum absolute atomic E-state index is 4.34. The van der Waals surface area contributed by atoms with Gasteiger partial charge in [0, 0.05) is 33.4 Å². The number of anilines is 1. The summed E-state index contributed by atoms with van der Waals surface area (Å²) in [4.78, 5) is 8.67. The number of fused-ring (bicyclic) bond motifs is 1. The van der Waals surface area contributed by atoms with Crippen molar-refractivity contribution in [3.8, 4) is 0 Å². The molecule has 0 atom stereocenters. The summed E-state index contributed by atoms with van der Waals surface area (Å²) >= 11 is 0. The maximum Gasteiger partial charge on any atom is 0.200 e. The van der Waals surface area contributed by atoms with Crippen LogP contribution in [-0.4, -0.2) is 38.5 Å². The highest BCUT2D eigenvalue weighted by Gasteiger charge is 2.23. The highest BCUT2D eigenvalue weighted by atomic mass is 127. The van der Waals surface area contributed by atoms with Crippen molar-refractivity contribution in [3.63, 3.8) is 0 Å². The largest absolute Gasteiger partial charge is 0.349 e. The van der Waals surface area contributed by atoms with Crippen LogP contribution in [0.3, 0.4) is 0 Å². The monoisotopic (exact) mass is 331 g/mol. The number of nitrogens with zero attached hydrogens (tertiary/aromatic N) is 3. The van der Waals surface area contributed by atoms with Crippen LogP contribution in [0.2, 0.25) is 0 Å². The zero-order chi connectivity index (χ0) is 10.8. The lowest BCUT2D eigenvalue weighted by molar-refractivity contribution is 0.603. The Morgan fingerprint density at radius 3 is 2.62 bits per heavy atom. The van der Waals surface area contributed by atoms with Gasteiger partial charge in [-0.1, -0.05) is 18.2 Å². The molecular formula is C12H18IN3. The van der Waals surface area contributed by atoms with E-state index in [9.17, 15) is 0 Å². The van der Waals surface area contributed by atoms with E-state index in [1.165, 1.54) is 11.3 Å². The van der Waals surface area contributed by atoms with Gasteiger partial charge in [-0.15, -0.1) is 24.0 Å². The van der Waals surface area contributed by atoms with Gasteiger partial charge in [-0.2, -0.15) is 0 Å². The number of benzene rings is 1. The molecule has 1 aliphatic rings. The van der Waals surface area contributed by atoms with Crippen LogP contribution in [0.5, 0.6) is 0 Å². The number of para-hydroxylation sites is 1. The molecule has 0 aromatic heterocycles. The Bertz CT molecular complexity index is 388. The minimum atomic E-state index is 0. The van der Waals surface area contributed by atoms with Crippen LogP contribution in [0.4, 0.5) is 5.69 Å². The zero-order valence-electron chi connectivity index (χ0n) is 9.97. The average Bonchev–Trinajstić information content (AvgIpc) is 2.63. The van der Waals surface area contributed by atoms with Gasteiger partial charge in [-0.3, -0.25) is 4.99 Å². The Hall–Kier alpha value is -0.780. The van der Waals surface area contributed by atoms with Crippen molar-refractivity contribution in [2.24, 2.45) is 4.99 Å². The Balaban J connectivity index is 0.00000128. The lowest BCUT2D eigenvalue weighted by Crippen LogP contribution is -2.39. The summed E-state index contributed by atoms with van der Waals surface area (Å²) in [5.41, 5.74) is 2.72. The van der Waals surface area contributed by atoms with Gasteiger partial charge in [0.25, 0.3) is 0 Å². The summed E-state index contributed by atoms with van der Waals surface area (Å²) in [7, 11) is 5.91. The molecule has 0 bridgehead atoms. The van der Waals surface area contributed by atoms with Crippen LogP contribution in [-0.2, 0) is 6.42 Å². The Labute approximate surface area is 114 Å². The molecule has 1 aromatic rings. The fourth-order valence-electron chi connectivity index (χ4n) is 2.11. The normalized spacial score (nSPS) is 14.4. The van der Waals surface area contributed by atoms with Crippen LogP contribution in [0.1, 0.15) is 5.56 Å². The molecule has 0 aliphatic carbocycles. The van der Waals surface area contributed by atoms with E-state index in [1.54, 1.807) is 0 Å². The van der Waals surface area contributed by atoms with Crippen LogP contribution < -0.4 is 4.90 Å². The molecule has 88 valence electrons. The van der Waals surface area contributed by atoms with Crippen molar-refractivity contribution in [3.05, 3.63) is 29.8 Å². The molecule has 0 amide bonds. The average molecular weight is 331 g/mol. The molecule has 0 saturated heterocycles. The smallest absolute Gasteiger partial charge is 0.200 e. The number of hydrogen-bond donors (Lipinski definition) is 0. The first-order valence-corrected chi connectivity index (χ1v) is 5.23. The standard InChI is InChI=1S/C12H17N3.HI/c1-13-12(14(2)3)15-9-8-10-6-4-5-7-11(10)15;/h4-7H,8-9H2,1-3H3;1H. The second-order valence-electron chi connectivity index (χ2n) is 3.95. The molecule has 3 nitrogen and oxygen atoms in total. The summed E-state index contributed by atoms with van der Waals surface area (Å²) in [6.45, 7) is 1.03. The summed E-state index contributed by atoms with van der Waals surface area (Å²) in [6, 6.07) is 8.54. The quantitative estimate of drug-likeness (QED) is 0.412. The van der Waals surface area contributed by atoms with Crippen LogP contribution in [0, 0.1) is 0 Å². The first-order valence-electron chi connectivity index (χ1n) is 5.23. The first-order chi connectivity index (χ1) is 7.24. The number of rotatable bonds is 0. The minimum Gasteiger partial charge on any atom is -0.349 e. The highest BCUT2D eigenvalue weighted by molar-refractivity contribution is 14.0. The van der Waals surface area contributed by atoms with E-state index in [0.29, 0.717) is 0 Å². The van der Waals surface area contributed by atoms with Crippen molar-refractivity contribution in [1.29, 1.82) is 0 Å². The predicted octanol–water partition coefficient (Wildman–Crippen LogP) is 2.21. The molecule has 0 N–H and O–H groups in total. The molecule has 2 rings (SSSR count). The number of guanidine groups is 1. The van der Waals surface area contributed by atoms with E-state index in [4.69, 9.17) is 0 Å². The Morgan fingerprint density at radius 2 is 2.00 bits per heavy atom. The SMILES string of the molecule is CN=C(N(C)C)N1CCc2ccccc21.I. The van der Waals surface area contributed by atoms with Gasteiger partial charge in [-0.05, 0) is 18.1 Å². The third-order valence-electron chi connectivity index (χ3n) is 2.73. The third-order valence-corrected chi connectivity index (χ3v) is 2.73. The molecule has 16 heavy (non-hydrogen) atoms. The molecule has 4 heteroatoms. The Morgan fingerprint density at radius 1 is 1.31 bits per heavy atom. The number of hydrogen-bond acceptors (Lipinski definition) is 1. The lowest BCUT2D eigenvalue weighted by atomic mass is 10.2. The second kappa shape index (κ2) is 5.52. The molecule has 0 unspecified atom stereocenters. The van der Waals surface area contributed by atoms with Gasteiger partial charge in [-0.25, -0.2) is 0 Å². The van der Waals surface area contributed by atoms with E-state index in [1.807, 2.05) is 21.1 Å². The molecule has 1 heterocycles. The Kier molecular flexibility index (Phi) is 4.58. The maximum atomic E-state index is 4.34. The third kappa shape index (κ3) is 2.31. The molecule has 0 radical (unpaired) electrons. The zero-order valence-corrected chi connectivity index (χ0v) is 12.3. The number of aliphatic imine (C=N–C) groups is 1. The molecule has 1 aliphatic heterocycles. The van der Waals surface area contributed by atoms with Gasteiger partial charge in [0.1, 0.15) is 0 Å². The van der Waals surface area contributed by atoms with Gasteiger partial charge in [0.15, 0.2) is 5.96 Å². The number of halogens is 1. The van der Waals surface area contributed by atoms with Crippen LogP contribution in [0.25, 0.3) is 0 Å². The fourth-order valence-corrected chi connectivity index (χ4v) is 2.11. The second-order valence-corrected chi connectivity index (χ2v) is 3.95. The van der Waals surface area contributed by atoms with E-state index in [2.05, 4.69) is 39.1 Å². The van der Waals surface area contributed by atoms with Gasteiger partial charge in [0.2, 0.25) is 0 Å². The van der Waals surface area contributed by atoms with Crippen molar-refractivity contribution >= 4 is 35.6 Å². The summed E-state index contributed by atoms with van der Waals surface area (Å²) in [5, 5.41) is 0. The topological polar surface area (TPSA) is 18.8 Å². The van der Waals surface area contributed by atoms with E-state index < -0.39 is 0 Å². The van der Waals surface area contributed by atoms with E-state index in [-0.39, 0.29) is 24.0 Å². The fraction of sp³-hybridized carbons (Fsp3) is 0.417. The molecule has 0 spiro atoms. The van der Waals surface area contributed by atoms with Crippen molar-refractivity contribution in [2.75, 3.05) is 32.6 Å². The molecular weight excluding hydrogens is 313 g/mol. The van der Waals surface area contributed by atoms with E-state index in [0.717, 1.165) is 18.9 Å². The minimum absolute atomic E-state index is 0. The summed E-state index contributed by atoms with van der Waals surface area (Å²) in [6.07, 6.45) is 1.11. The molecule has 0 fully saturated rings. The van der Waals surface area contributed by atoms with Crippen LogP contribution >= 0.6 is 24.0 Å². The van der Waals surface area contributed by atoms with Crippen molar-refractivity contribution in [2.45, 2.75) is 6.42 Å². The van der Waals surface area contributed by atoms with E-state index >= 15 is 0 Å². The molecule has 1 aromatic carbocycles. The van der Waals surface area contributed by atoms with Gasteiger partial charge >= 0.3 is 0 Å². The van der Waals surface area contributed by atoms with Crippen molar-refractivity contribution in [1.82, 2.24) is 4.90 Å². The van der Waals surface area contributed by atoms with Gasteiger partial charge < -0.3 is 9.80 Å². The summed E-state index contributed by atoms with van der Waals surface area (Å²) < 4.78 is 0. The van der Waals surface area contributed by atoms with Crippen LogP contribution in [0.15, 0.2) is 29.3 Å². The van der Waals surface area contributed by atoms with Gasteiger partial charge in [0.05, 0.1) is 0 Å². The van der Waals surface area contributed by atoms with Crippen molar-refractivity contribution < 1.29 is 0 Å². The predicted molar refractivity (Wildman–Crippen MR) is 80.0 cm³/mol. The lowest BCUT2D eigenvalue weighted by Gasteiger charge is -2.26. The molecule has 0 saturated carbocycles. The summed E-state index contributed by atoms with van der Waals surface area (Å²) in [5.74, 6) is 1.03. The first kappa shape index (κ1) is 13.3.